The first-order chi connectivity index (χ1) is 25.7. The predicted molar refractivity (Wildman–Crippen MR) is 217 cm³/mol. The molecule has 4 N–H and O–H groups in total. The van der Waals surface area contributed by atoms with Crippen LogP contribution in [0.15, 0.2) is 12.3 Å². The number of carboxylic acid groups (broad SMARTS) is 1. The maximum Gasteiger partial charge on any atom is 0.472 e. The van der Waals surface area contributed by atoms with E-state index >= 15 is 0 Å². The molecule has 0 fully saturated rings. The summed E-state index contributed by atoms with van der Waals surface area (Å²) in [5.74, 6) is -1.80. The zero-order valence-corrected chi connectivity index (χ0v) is 35.0. The molecular formula is C42H82NO9P. The normalized spacial score (nSPS) is 14.0. The van der Waals surface area contributed by atoms with Crippen molar-refractivity contribution in [2.24, 2.45) is 5.73 Å². The Labute approximate surface area is 324 Å². The quantitative estimate of drug-likeness (QED) is 0.0236. The summed E-state index contributed by atoms with van der Waals surface area (Å²) >= 11 is 0. The number of aliphatic carboxylic acids is 1. The van der Waals surface area contributed by atoms with Gasteiger partial charge >= 0.3 is 19.8 Å². The third kappa shape index (κ3) is 38.6. The fourth-order valence-electron chi connectivity index (χ4n) is 6.22. The van der Waals surface area contributed by atoms with Crippen molar-refractivity contribution >= 4 is 19.8 Å². The minimum atomic E-state index is -4.62. The highest BCUT2D eigenvalue weighted by Gasteiger charge is 2.27. The number of phosphoric acid groups is 1. The number of allylic oxidation sites excluding steroid dienone is 1. The zero-order chi connectivity index (χ0) is 39.1. The maximum absolute atomic E-state index is 12.6. The largest absolute Gasteiger partial charge is 0.498 e. The summed E-state index contributed by atoms with van der Waals surface area (Å²) < 4.78 is 33.1. The van der Waals surface area contributed by atoms with E-state index in [9.17, 15) is 19.0 Å². The summed E-state index contributed by atoms with van der Waals surface area (Å²) in [6.07, 6.45) is 40.6. The Morgan fingerprint density at radius 2 is 0.962 bits per heavy atom. The molecule has 0 rings (SSSR count). The smallest absolute Gasteiger partial charge is 0.472 e. The predicted octanol–water partition coefficient (Wildman–Crippen LogP) is 12.1. The van der Waals surface area contributed by atoms with Crippen LogP contribution in [-0.2, 0) is 32.7 Å². The third-order valence-electron chi connectivity index (χ3n) is 9.64. The van der Waals surface area contributed by atoms with Gasteiger partial charge in [0.05, 0.1) is 19.5 Å². The zero-order valence-electron chi connectivity index (χ0n) is 34.1. The number of unbranched alkanes of at least 4 members (excludes halogenated alkanes) is 28. The van der Waals surface area contributed by atoms with Gasteiger partial charge in [-0.05, 0) is 25.3 Å². The Hall–Kier alpha value is -1.45. The van der Waals surface area contributed by atoms with E-state index in [1.54, 1.807) is 6.26 Å². The number of hydrogen-bond acceptors (Lipinski definition) is 8. The molecule has 0 aliphatic heterocycles. The molecule has 0 aliphatic carbocycles. The highest BCUT2D eigenvalue weighted by molar-refractivity contribution is 7.47. The number of esters is 1. The van der Waals surface area contributed by atoms with E-state index in [2.05, 4.69) is 13.8 Å². The number of ether oxygens (including phenoxy) is 2. The van der Waals surface area contributed by atoms with Crippen LogP contribution in [0.5, 0.6) is 0 Å². The second-order valence-electron chi connectivity index (χ2n) is 14.9. The van der Waals surface area contributed by atoms with Crippen LogP contribution >= 0.6 is 7.82 Å². The Balaban J connectivity index is 4.26. The molecular weight excluding hydrogens is 693 g/mol. The second kappa shape index (κ2) is 38.8. The lowest BCUT2D eigenvalue weighted by molar-refractivity contribution is -0.153. The number of carbonyl (C=O) groups excluding carboxylic acids is 1. The van der Waals surface area contributed by atoms with E-state index in [4.69, 9.17) is 29.4 Å². The van der Waals surface area contributed by atoms with Gasteiger partial charge in [-0.15, -0.1) is 0 Å². The molecule has 53 heavy (non-hydrogen) atoms. The van der Waals surface area contributed by atoms with Crippen molar-refractivity contribution in [3.63, 3.8) is 0 Å². The summed E-state index contributed by atoms with van der Waals surface area (Å²) in [7, 11) is -4.62. The molecule has 10 nitrogen and oxygen atoms in total. The molecule has 0 aliphatic rings. The van der Waals surface area contributed by atoms with Gasteiger partial charge in [0, 0.05) is 6.42 Å². The van der Waals surface area contributed by atoms with E-state index < -0.39 is 45.1 Å². The van der Waals surface area contributed by atoms with E-state index in [0.717, 1.165) is 25.7 Å². The van der Waals surface area contributed by atoms with Gasteiger partial charge in [-0.25, -0.2) is 4.57 Å². The third-order valence-corrected chi connectivity index (χ3v) is 10.6. The first-order valence-electron chi connectivity index (χ1n) is 21.8. The maximum atomic E-state index is 12.6. The lowest BCUT2D eigenvalue weighted by atomic mass is 10.0. The van der Waals surface area contributed by atoms with Crippen molar-refractivity contribution in [3.8, 4) is 0 Å². The highest BCUT2D eigenvalue weighted by Crippen LogP contribution is 2.43. The van der Waals surface area contributed by atoms with Crippen molar-refractivity contribution in [2.45, 2.75) is 225 Å². The van der Waals surface area contributed by atoms with E-state index in [1.807, 2.05) is 6.08 Å². The van der Waals surface area contributed by atoms with Gasteiger partial charge in [0.15, 0.2) is 6.10 Å². The van der Waals surface area contributed by atoms with Crippen molar-refractivity contribution in [3.05, 3.63) is 12.3 Å². The molecule has 3 atom stereocenters. The second-order valence-corrected chi connectivity index (χ2v) is 16.4. The number of carboxylic acids is 1. The van der Waals surface area contributed by atoms with Crippen LogP contribution in [0.1, 0.15) is 213 Å². The minimum absolute atomic E-state index is 0.0610. The molecule has 0 heterocycles. The first kappa shape index (κ1) is 51.5. The number of nitrogens with two attached hydrogens (primary N) is 1. The average Bonchev–Trinajstić information content (AvgIpc) is 3.13. The lowest BCUT2D eigenvalue weighted by Crippen LogP contribution is -2.34. The van der Waals surface area contributed by atoms with E-state index in [0.29, 0.717) is 6.42 Å². The molecule has 0 saturated carbocycles. The molecule has 0 radical (unpaired) electrons. The molecule has 1 unspecified atom stereocenters. The van der Waals surface area contributed by atoms with Crippen molar-refractivity contribution in [2.75, 3.05) is 19.8 Å². The van der Waals surface area contributed by atoms with E-state index in [-0.39, 0.29) is 13.0 Å². The van der Waals surface area contributed by atoms with Crippen molar-refractivity contribution in [1.82, 2.24) is 0 Å². The summed E-state index contributed by atoms with van der Waals surface area (Å²) in [5.41, 5.74) is 5.35. The molecule has 0 bridgehead atoms. The Kier molecular flexibility index (Phi) is 37.7. The van der Waals surface area contributed by atoms with Gasteiger partial charge in [0.1, 0.15) is 12.6 Å². The fraction of sp³-hybridized carbons (Fsp3) is 0.905. The molecule has 11 heteroatoms. The van der Waals surface area contributed by atoms with Crippen LogP contribution in [0.2, 0.25) is 0 Å². The van der Waals surface area contributed by atoms with Crippen LogP contribution in [0.3, 0.4) is 0 Å². The van der Waals surface area contributed by atoms with Crippen LogP contribution in [-0.4, -0.2) is 53.9 Å². The van der Waals surface area contributed by atoms with E-state index in [1.165, 1.54) is 161 Å². The molecule has 314 valence electrons. The van der Waals surface area contributed by atoms with Gasteiger partial charge in [0.25, 0.3) is 0 Å². The average molecular weight is 776 g/mol. The summed E-state index contributed by atoms with van der Waals surface area (Å²) in [4.78, 5) is 33.5. The van der Waals surface area contributed by atoms with Crippen molar-refractivity contribution < 1.29 is 42.7 Å². The van der Waals surface area contributed by atoms with Gasteiger partial charge in [-0.1, -0.05) is 187 Å². The molecule has 0 amide bonds. The number of phosphoric ester groups is 1. The van der Waals surface area contributed by atoms with Gasteiger partial charge in [-0.2, -0.15) is 0 Å². The lowest BCUT2D eigenvalue weighted by Gasteiger charge is -2.20. The van der Waals surface area contributed by atoms with Crippen LogP contribution in [0, 0.1) is 0 Å². The SMILES string of the molecule is CCCCCCCCCCCCCCCC/C=C\OC[C@H](COP(=O)(O)OC[C@H](N)C(=O)O)OC(=O)CCCCCCCCCCCCCCCCC. The van der Waals surface area contributed by atoms with Gasteiger partial charge in [0.2, 0.25) is 0 Å². The highest BCUT2D eigenvalue weighted by atomic mass is 31.2. The van der Waals surface area contributed by atoms with Gasteiger partial charge in [-0.3, -0.25) is 18.6 Å². The number of rotatable bonds is 42. The summed E-state index contributed by atoms with van der Waals surface area (Å²) in [5, 5.41) is 8.88. The Morgan fingerprint density at radius 1 is 0.585 bits per heavy atom. The van der Waals surface area contributed by atoms with Crippen LogP contribution < -0.4 is 5.73 Å². The summed E-state index contributed by atoms with van der Waals surface area (Å²) in [6.45, 7) is 3.30. The fourth-order valence-corrected chi connectivity index (χ4v) is 7.00. The summed E-state index contributed by atoms with van der Waals surface area (Å²) in [6, 6.07) is -1.48. The molecule has 0 saturated heterocycles. The molecule has 0 aromatic carbocycles. The number of carbonyl (C=O) groups is 2. The molecule has 0 aromatic rings. The standard InChI is InChI=1S/C42H82NO9P/c1-3-5-7-9-11-13-15-17-19-21-23-25-27-29-31-33-35-49-36-39(37-50-53(47,48)51-38-40(43)42(45)46)52-41(44)34-32-30-28-26-24-22-20-18-16-14-12-10-8-6-4-2/h33,35,39-40H,3-32,34,36-38,43H2,1-2H3,(H,45,46)(H,47,48)/b35-33-/t39-,40+/m1/s1. The number of hydrogen-bond donors (Lipinski definition) is 3. The monoisotopic (exact) mass is 776 g/mol. The first-order valence-corrected chi connectivity index (χ1v) is 23.3. The molecule has 0 aromatic heterocycles. The molecule has 0 spiro atoms. The van der Waals surface area contributed by atoms with Crippen molar-refractivity contribution in [1.29, 1.82) is 0 Å². The van der Waals surface area contributed by atoms with Crippen LogP contribution in [0.4, 0.5) is 0 Å². The minimum Gasteiger partial charge on any atom is -0.498 e. The topological polar surface area (TPSA) is 155 Å². The van der Waals surface area contributed by atoms with Crippen LogP contribution in [0.25, 0.3) is 0 Å². The Bertz CT molecular complexity index is 904. The van der Waals surface area contributed by atoms with Gasteiger partial charge < -0.3 is 25.2 Å². The Morgan fingerprint density at radius 3 is 1.38 bits per heavy atom.